The number of hydrogen-bond donors (Lipinski definition) is 3. The normalized spacial score (nSPS) is 25.1. The Balaban J connectivity index is 1.42. The molecule has 1 aliphatic heterocycles. The standard InChI is InChI=1S/C32H43N5O8S2/c1-8-18-16-32(18,28(40)36-47(42,43)20-13-14-20)34-25(38)22-15-19(44-26-21-11-9-10-12-23(21)46-35-26)17-37(22)27(39)24(30(2,3)4)33-29(41)45-31(5,6)7/h8-12,18-20,22,24H,1,13-17H2,2-7H3,(H,33,41)(H,34,38)(H,36,40)/t18?,19-,22+,24-,32-/m1/s1. The van der Waals surface area contributed by atoms with Gasteiger partial charge < -0.3 is 25.0 Å². The number of nitrogens with one attached hydrogen (secondary N) is 3. The molecule has 0 radical (unpaired) electrons. The first-order valence-corrected chi connectivity index (χ1v) is 18.0. The number of carbonyl (C=O) groups excluding carboxylic acids is 4. The number of sulfonamides is 1. The van der Waals surface area contributed by atoms with Crippen molar-refractivity contribution in [3.8, 4) is 5.88 Å². The predicted molar refractivity (Wildman–Crippen MR) is 176 cm³/mol. The van der Waals surface area contributed by atoms with E-state index in [1.807, 2.05) is 24.3 Å². The van der Waals surface area contributed by atoms with E-state index in [4.69, 9.17) is 9.47 Å². The Morgan fingerprint density at radius 1 is 1.13 bits per heavy atom. The lowest BCUT2D eigenvalue weighted by atomic mass is 9.85. The number of aromatic nitrogens is 1. The van der Waals surface area contributed by atoms with Crippen molar-refractivity contribution >= 4 is 55.5 Å². The van der Waals surface area contributed by atoms with Gasteiger partial charge in [0, 0.05) is 12.3 Å². The van der Waals surface area contributed by atoms with Crippen LogP contribution in [0.25, 0.3) is 10.1 Å². The fraction of sp³-hybridized carbons (Fsp3) is 0.594. The molecule has 1 saturated heterocycles. The summed E-state index contributed by atoms with van der Waals surface area (Å²) in [5.74, 6) is -2.15. The zero-order chi connectivity index (χ0) is 34.5. The highest BCUT2D eigenvalue weighted by Gasteiger charge is 2.62. The van der Waals surface area contributed by atoms with Crippen molar-refractivity contribution in [3.05, 3.63) is 36.9 Å². The third-order valence-corrected chi connectivity index (χ3v) is 11.1. The fourth-order valence-corrected chi connectivity index (χ4v) is 7.82. The molecule has 256 valence electrons. The summed E-state index contributed by atoms with van der Waals surface area (Å²) in [4.78, 5) is 55.9. The summed E-state index contributed by atoms with van der Waals surface area (Å²) in [6.45, 7) is 14.2. The van der Waals surface area contributed by atoms with Crippen molar-refractivity contribution < 1.29 is 37.1 Å². The van der Waals surface area contributed by atoms with Gasteiger partial charge in [-0.25, -0.2) is 13.2 Å². The quantitative estimate of drug-likeness (QED) is 0.317. The van der Waals surface area contributed by atoms with Crippen molar-refractivity contribution in [3.63, 3.8) is 0 Å². The maximum absolute atomic E-state index is 14.3. The lowest BCUT2D eigenvalue weighted by Gasteiger charge is -2.36. The van der Waals surface area contributed by atoms with E-state index in [0.29, 0.717) is 18.7 Å². The molecule has 2 aliphatic carbocycles. The van der Waals surface area contributed by atoms with Gasteiger partial charge in [0.15, 0.2) is 0 Å². The first-order chi connectivity index (χ1) is 21.8. The molecule has 15 heteroatoms. The Hall–Kier alpha value is -3.72. The molecule has 4 amide bonds. The van der Waals surface area contributed by atoms with Crippen LogP contribution in [0.2, 0.25) is 0 Å². The second-order valence-electron chi connectivity index (χ2n) is 14.6. The van der Waals surface area contributed by atoms with Crippen LogP contribution < -0.4 is 20.1 Å². The largest absolute Gasteiger partial charge is 0.471 e. The van der Waals surface area contributed by atoms with Crippen molar-refractivity contribution in [1.29, 1.82) is 0 Å². The SMILES string of the molecule is C=CC1C[C@]1(NC(=O)[C@@H]1C[C@@H](Oc2nsc3ccccc23)CN1C(=O)[C@@H](NC(=O)OC(C)(C)C)C(C)(C)C)C(=O)NS(=O)(=O)C1CC1. The molecule has 0 bridgehead atoms. The molecule has 0 spiro atoms. The number of fused-ring (bicyclic) bond motifs is 1. The minimum absolute atomic E-state index is 0.00844. The van der Waals surface area contributed by atoms with Crippen LogP contribution >= 0.6 is 11.5 Å². The van der Waals surface area contributed by atoms with Crippen molar-refractivity contribution in [2.75, 3.05) is 6.54 Å². The van der Waals surface area contributed by atoms with Crippen LogP contribution in [0.15, 0.2) is 36.9 Å². The molecule has 13 nitrogen and oxygen atoms in total. The van der Waals surface area contributed by atoms with E-state index < -0.39 is 79.7 Å². The summed E-state index contributed by atoms with van der Waals surface area (Å²) < 4.78 is 44.4. The van der Waals surface area contributed by atoms with Gasteiger partial charge in [0.2, 0.25) is 27.7 Å². The summed E-state index contributed by atoms with van der Waals surface area (Å²) in [6.07, 6.45) is 1.21. The molecular weight excluding hydrogens is 647 g/mol. The number of hydrogen-bond acceptors (Lipinski definition) is 10. The predicted octanol–water partition coefficient (Wildman–Crippen LogP) is 3.25. The van der Waals surface area contributed by atoms with Crippen LogP contribution in [0.3, 0.4) is 0 Å². The first-order valence-electron chi connectivity index (χ1n) is 15.7. The van der Waals surface area contributed by atoms with E-state index in [1.54, 1.807) is 41.5 Å². The van der Waals surface area contributed by atoms with Gasteiger partial charge in [0.05, 0.1) is 21.9 Å². The van der Waals surface area contributed by atoms with Crippen LogP contribution in [-0.4, -0.2) is 82.6 Å². The minimum Gasteiger partial charge on any atom is -0.471 e. The Morgan fingerprint density at radius 2 is 1.81 bits per heavy atom. The Bertz CT molecular complexity index is 1690. The maximum atomic E-state index is 14.3. The summed E-state index contributed by atoms with van der Waals surface area (Å²) in [5.41, 5.74) is -3.13. The van der Waals surface area contributed by atoms with E-state index >= 15 is 0 Å². The van der Waals surface area contributed by atoms with Gasteiger partial charge in [-0.2, -0.15) is 4.37 Å². The minimum atomic E-state index is -3.88. The van der Waals surface area contributed by atoms with Crippen LogP contribution in [-0.2, 0) is 29.1 Å². The van der Waals surface area contributed by atoms with Gasteiger partial charge in [-0.1, -0.05) is 39.0 Å². The topological polar surface area (TPSA) is 173 Å². The number of alkyl carbamates (subject to hydrolysis) is 1. The van der Waals surface area contributed by atoms with Crippen LogP contribution in [0, 0.1) is 11.3 Å². The molecule has 3 N–H and O–H groups in total. The molecular formula is C32H43N5O8S2. The van der Waals surface area contributed by atoms with E-state index in [-0.39, 0.29) is 19.4 Å². The molecule has 3 fully saturated rings. The smallest absolute Gasteiger partial charge is 0.408 e. The molecule has 5 rings (SSSR count). The molecule has 1 unspecified atom stereocenters. The van der Waals surface area contributed by atoms with E-state index in [0.717, 1.165) is 10.1 Å². The molecule has 3 aliphatic rings. The van der Waals surface area contributed by atoms with E-state index in [2.05, 4.69) is 26.3 Å². The van der Waals surface area contributed by atoms with Crippen LogP contribution in [0.5, 0.6) is 5.88 Å². The van der Waals surface area contributed by atoms with Gasteiger partial charge in [-0.15, -0.1) is 6.58 Å². The summed E-state index contributed by atoms with van der Waals surface area (Å²) in [5, 5.41) is 5.63. The second kappa shape index (κ2) is 12.4. The average molecular weight is 690 g/mol. The van der Waals surface area contributed by atoms with Gasteiger partial charge >= 0.3 is 6.09 Å². The van der Waals surface area contributed by atoms with Gasteiger partial charge in [-0.05, 0) is 69.1 Å². The van der Waals surface area contributed by atoms with Crippen LogP contribution in [0.1, 0.15) is 67.2 Å². The van der Waals surface area contributed by atoms with Gasteiger partial charge in [0.25, 0.3) is 5.91 Å². The lowest BCUT2D eigenvalue weighted by Crippen LogP contribution is -2.60. The molecule has 2 saturated carbocycles. The molecule has 1 aromatic carbocycles. The second-order valence-corrected chi connectivity index (χ2v) is 17.4. The van der Waals surface area contributed by atoms with Crippen molar-refractivity contribution in [1.82, 2.24) is 24.6 Å². The van der Waals surface area contributed by atoms with Crippen molar-refractivity contribution in [2.45, 2.75) is 102 Å². The molecule has 1 aromatic heterocycles. The number of nitrogens with zero attached hydrogens (tertiary/aromatic N) is 2. The fourth-order valence-electron chi connectivity index (χ4n) is 5.74. The molecule has 2 aromatic rings. The number of benzene rings is 1. The zero-order valence-electron chi connectivity index (χ0n) is 27.5. The average Bonchev–Trinajstić information content (AvgIpc) is 3.86. The summed E-state index contributed by atoms with van der Waals surface area (Å²) in [7, 11) is -3.88. The highest BCUT2D eigenvalue weighted by atomic mass is 32.2. The number of carbonyl (C=O) groups is 4. The summed E-state index contributed by atoms with van der Waals surface area (Å²) >= 11 is 1.26. The first kappa shape index (κ1) is 34.6. The van der Waals surface area contributed by atoms with E-state index in [1.165, 1.54) is 22.5 Å². The van der Waals surface area contributed by atoms with Crippen LogP contribution in [0.4, 0.5) is 4.79 Å². The van der Waals surface area contributed by atoms with Crippen molar-refractivity contribution in [2.24, 2.45) is 11.3 Å². The lowest BCUT2D eigenvalue weighted by molar-refractivity contribution is -0.143. The summed E-state index contributed by atoms with van der Waals surface area (Å²) in [6, 6.07) is 5.34. The highest BCUT2D eigenvalue weighted by Crippen LogP contribution is 2.45. The monoisotopic (exact) mass is 689 g/mol. The third-order valence-electron chi connectivity index (χ3n) is 8.49. The van der Waals surface area contributed by atoms with Gasteiger partial charge in [0.1, 0.15) is 29.3 Å². The molecule has 47 heavy (non-hydrogen) atoms. The third kappa shape index (κ3) is 7.56. The Kier molecular flexibility index (Phi) is 9.12. The Labute approximate surface area is 279 Å². The number of ether oxygens (including phenoxy) is 2. The number of amides is 4. The molecule has 5 atom stereocenters. The number of likely N-dealkylation sites (tertiary alicyclic amines) is 1. The van der Waals surface area contributed by atoms with E-state index in [9.17, 15) is 27.6 Å². The van der Waals surface area contributed by atoms with Gasteiger partial charge in [-0.3, -0.25) is 19.1 Å². The zero-order valence-corrected chi connectivity index (χ0v) is 29.1. The Morgan fingerprint density at radius 3 is 2.40 bits per heavy atom. The maximum Gasteiger partial charge on any atom is 0.408 e. The highest BCUT2D eigenvalue weighted by molar-refractivity contribution is 7.91. The number of rotatable bonds is 10. The molecule has 2 heterocycles.